The van der Waals surface area contributed by atoms with Crippen molar-refractivity contribution in [2.45, 2.75) is 4.90 Å². The van der Waals surface area contributed by atoms with E-state index in [1.807, 2.05) is 0 Å². The van der Waals surface area contributed by atoms with Crippen molar-refractivity contribution in [1.82, 2.24) is 9.29 Å². The number of H-pyrrole nitrogens is 1. The van der Waals surface area contributed by atoms with Gasteiger partial charge in [-0.2, -0.15) is 4.31 Å². The lowest BCUT2D eigenvalue weighted by Gasteiger charge is -2.36. The smallest absolute Gasteiger partial charge is 0.245 e. The van der Waals surface area contributed by atoms with E-state index in [4.69, 9.17) is 10.8 Å². The average molecular weight is 281 g/mol. The monoisotopic (exact) mass is 281 g/mol. The molecule has 0 unspecified atom stereocenters. The molecule has 4 N–H and O–H groups in total. The molecule has 1 aromatic heterocycles. The van der Waals surface area contributed by atoms with Crippen LogP contribution in [0.25, 0.3) is 10.9 Å². The van der Waals surface area contributed by atoms with E-state index in [0.717, 1.165) is 0 Å². The summed E-state index contributed by atoms with van der Waals surface area (Å²) in [4.78, 5) is 3.19. The van der Waals surface area contributed by atoms with Gasteiger partial charge >= 0.3 is 0 Å². The van der Waals surface area contributed by atoms with Crippen molar-refractivity contribution in [2.24, 2.45) is 5.92 Å². The van der Waals surface area contributed by atoms with Gasteiger partial charge in [0, 0.05) is 48.4 Å². The highest BCUT2D eigenvalue weighted by Gasteiger charge is 2.37. The van der Waals surface area contributed by atoms with Crippen molar-refractivity contribution < 1.29 is 13.5 Å². The molecule has 0 bridgehead atoms. The molecule has 6 nitrogen and oxygen atoms in total. The summed E-state index contributed by atoms with van der Waals surface area (Å²) >= 11 is 0. The summed E-state index contributed by atoms with van der Waals surface area (Å²) in [7, 11) is -3.49. The Morgan fingerprint density at radius 3 is 2.84 bits per heavy atom. The molecule has 2 heterocycles. The molecule has 2 aromatic rings. The van der Waals surface area contributed by atoms with Crippen molar-refractivity contribution in [2.75, 3.05) is 25.4 Å². The number of hydrogen-bond donors (Lipinski definition) is 3. The SMILES string of the molecule is Nc1ccc2c(S(=O)(=O)N3CC(CO)C3)c[nH]c2c1. The number of fused-ring (bicyclic) bond motifs is 1. The molecule has 1 saturated heterocycles. The molecule has 7 heteroatoms. The largest absolute Gasteiger partial charge is 0.399 e. The summed E-state index contributed by atoms with van der Waals surface area (Å²) in [6.07, 6.45) is 1.49. The first-order chi connectivity index (χ1) is 9.02. The molecule has 102 valence electrons. The summed E-state index contributed by atoms with van der Waals surface area (Å²) in [5.74, 6) is 0.0515. The van der Waals surface area contributed by atoms with Crippen molar-refractivity contribution in [3.05, 3.63) is 24.4 Å². The standard InChI is InChI=1S/C12H15N3O3S/c13-9-1-2-10-11(3-9)14-4-12(10)19(17,18)15-5-8(6-15)7-16/h1-4,8,14,16H,5-7,13H2. The first-order valence-electron chi connectivity index (χ1n) is 6.00. The number of sulfonamides is 1. The van der Waals surface area contributed by atoms with Crippen LogP contribution < -0.4 is 5.73 Å². The van der Waals surface area contributed by atoms with E-state index in [1.54, 1.807) is 18.2 Å². The van der Waals surface area contributed by atoms with Gasteiger partial charge < -0.3 is 15.8 Å². The maximum atomic E-state index is 12.4. The quantitative estimate of drug-likeness (QED) is 0.707. The Kier molecular flexibility index (Phi) is 2.77. The van der Waals surface area contributed by atoms with Gasteiger partial charge in [-0.05, 0) is 18.2 Å². The Bertz CT molecular complexity index is 717. The van der Waals surface area contributed by atoms with Crippen LogP contribution in [0.4, 0.5) is 5.69 Å². The van der Waals surface area contributed by atoms with Crippen molar-refractivity contribution in [3.8, 4) is 0 Å². The Labute approximate surface area is 110 Å². The number of aromatic nitrogens is 1. The van der Waals surface area contributed by atoms with Crippen LogP contribution >= 0.6 is 0 Å². The fourth-order valence-electron chi connectivity index (χ4n) is 2.30. The highest BCUT2D eigenvalue weighted by Crippen LogP contribution is 2.30. The van der Waals surface area contributed by atoms with Gasteiger partial charge in [0.25, 0.3) is 0 Å². The molecular formula is C12H15N3O3S. The number of nitrogens with zero attached hydrogens (tertiary/aromatic N) is 1. The summed E-state index contributed by atoms with van der Waals surface area (Å²) in [5.41, 5.74) is 6.96. The van der Waals surface area contributed by atoms with E-state index >= 15 is 0 Å². The molecule has 0 aliphatic carbocycles. The van der Waals surface area contributed by atoms with Gasteiger partial charge in [-0.25, -0.2) is 8.42 Å². The number of anilines is 1. The third-order valence-electron chi connectivity index (χ3n) is 3.47. The van der Waals surface area contributed by atoms with Gasteiger partial charge in [-0.3, -0.25) is 0 Å². The number of benzene rings is 1. The molecule has 19 heavy (non-hydrogen) atoms. The van der Waals surface area contributed by atoms with Crippen LogP contribution in [-0.4, -0.2) is 42.5 Å². The molecule has 0 amide bonds. The highest BCUT2D eigenvalue weighted by molar-refractivity contribution is 7.89. The van der Waals surface area contributed by atoms with Gasteiger partial charge in [-0.15, -0.1) is 0 Å². The molecule has 1 fully saturated rings. The highest BCUT2D eigenvalue weighted by atomic mass is 32.2. The number of hydrogen-bond acceptors (Lipinski definition) is 4. The Balaban J connectivity index is 2.00. The third-order valence-corrected chi connectivity index (χ3v) is 5.34. The van der Waals surface area contributed by atoms with Crippen molar-refractivity contribution in [3.63, 3.8) is 0 Å². The van der Waals surface area contributed by atoms with Crippen LogP contribution in [0.5, 0.6) is 0 Å². The fourth-order valence-corrected chi connectivity index (χ4v) is 4.06. The van der Waals surface area contributed by atoms with Crippen molar-refractivity contribution >= 4 is 26.6 Å². The molecule has 1 aromatic carbocycles. The number of aliphatic hydroxyl groups excluding tert-OH is 1. The maximum Gasteiger partial charge on any atom is 0.245 e. The molecule has 0 saturated carbocycles. The van der Waals surface area contributed by atoms with E-state index in [9.17, 15) is 8.42 Å². The molecule has 0 spiro atoms. The second-order valence-electron chi connectivity index (χ2n) is 4.83. The minimum absolute atomic E-state index is 0.0242. The van der Waals surface area contributed by atoms with Crippen LogP contribution in [0, 0.1) is 5.92 Å². The fraction of sp³-hybridized carbons (Fsp3) is 0.333. The molecule has 0 radical (unpaired) electrons. The van der Waals surface area contributed by atoms with Crippen LogP contribution in [0.3, 0.4) is 0 Å². The van der Waals surface area contributed by atoms with Crippen LogP contribution in [0.1, 0.15) is 0 Å². The van der Waals surface area contributed by atoms with Gasteiger partial charge in [0.05, 0.1) is 0 Å². The Morgan fingerprint density at radius 2 is 2.16 bits per heavy atom. The Hall–Kier alpha value is -1.57. The van der Waals surface area contributed by atoms with Crippen molar-refractivity contribution in [1.29, 1.82) is 0 Å². The lowest BCUT2D eigenvalue weighted by molar-refractivity contribution is 0.117. The van der Waals surface area contributed by atoms with Crippen LogP contribution in [0.15, 0.2) is 29.3 Å². The summed E-state index contributed by atoms with van der Waals surface area (Å²) in [6, 6.07) is 5.10. The second kappa shape index (κ2) is 4.22. The number of nitrogens with one attached hydrogen (secondary N) is 1. The lowest BCUT2D eigenvalue weighted by Crippen LogP contribution is -2.51. The number of nitrogen functional groups attached to an aromatic ring is 1. The van der Waals surface area contributed by atoms with E-state index in [2.05, 4.69) is 4.98 Å². The molecule has 1 aliphatic rings. The van der Waals surface area contributed by atoms with Crippen LogP contribution in [0.2, 0.25) is 0 Å². The predicted octanol–water partition coefficient (Wildman–Crippen LogP) is 0.363. The summed E-state index contributed by atoms with van der Waals surface area (Å²) < 4.78 is 26.2. The van der Waals surface area contributed by atoms with Crippen LogP contribution in [-0.2, 0) is 10.0 Å². The zero-order chi connectivity index (χ0) is 13.6. The first-order valence-corrected chi connectivity index (χ1v) is 7.44. The number of aromatic amines is 1. The van der Waals surface area contributed by atoms with Gasteiger partial charge in [0.1, 0.15) is 4.90 Å². The Morgan fingerprint density at radius 1 is 1.42 bits per heavy atom. The van der Waals surface area contributed by atoms with E-state index < -0.39 is 10.0 Å². The maximum absolute atomic E-state index is 12.4. The van der Waals surface area contributed by atoms with E-state index in [1.165, 1.54) is 10.5 Å². The third kappa shape index (κ3) is 1.90. The first kappa shape index (κ1) is 12.5. The molecule has 0 atom stereocenters. The van der Waals surface area contributed by atoms with E-state index in [0.29, 0.717) is 29.7 Å². The van der Waals surface area contributed by atoms with Gasteiger partial charge in [-0.1, -0.05) is 0 Å². The lowest BCUT2D eigenvalue weighted by atomic mass is 10.1. The summed E-state index contributed by atoms with van der Waals surface area (Å²) in [5, 5.41) is 9.60. The van der Waals surface area contributed by atoms with Gasteiger partial charge in [0.15, 0.2) is 0 Å². The molecular weight excluding hydrogens is 266 g/mol. The second-order valence-corrected chi connectivity index (χ2v) is 6.73. The number of rotatable bonds is 3. The zero-order valence-corrected chi connectivity index (χ0v) is 11.0. The minimum Gasteiger partial charge on any atom is -0.399 e. The summed E-state index contributed by atoms with van der Waals surface area (Å²) in [6.45, 7) is 0.775. The van der Waals surface area contributed by atoms with E-state index in [-0.39, 0.29) is 17.4 Å². The molecule has 3 rings (SSSR count). The average Bonchev–Trinajstić information content (AvgIpc) is 2.70. The van der Waals surface area contributed by atoms with Gasteiger partial charge in [0.2, 0.25) is 10.0 Å². The zero-order valence-electron chi connectivity index (χ0n) is 10.2. The topological polar surface area (TPSA) is 99.4 Å². The number of nitrogens with two attached hydrogens (primary N) is 1. The normalized spacial score (nSPS) is 17.7. The number of aliphatic hydroxyl groups is 1. The minimum atomic E-state index is -3.49. The predicted molar refractivity (Wildman–Crippen MR) is 72.0 cm³/mol. The molecule has 1 aliphatic heterocycles.